The highest BCUT2D eigenvalue weighted by Gasteiger charge is 2.26. The molecule has 0 spiro atoms. The summed E-state index contributed by atoms with van der Waals surface area (Å²) in [7, 11) is 3.52. The Hall–Kier alpha value is -1.72. The van der Waals surface area contributed by atoms with Crippen LogP contribution in [0.5, 0.6) is 0 Å². The van der Waals surface area contributed by atoms with Gasteiger partial charge in [0.2, 0.25) is 0 Å². The van der Waals surface area contributed by atoms with E-state index in [-0.39, 0.29) is 30.0 Å². The zero-order chi connectivity index (χ0) is 22.3. The molecule has 0 amide bonds. The summed E-state index contributed by atoms with van der Waals surface area (Å²) in [5.41, 5.74) is 1.36. The van der Waals surface area contributed by atoms with Gasteiger partial charge in [-0.1, -0.05) is 37.3 Å². The van der Waals surface area contributed by atoms with Gasteiger partial charge >= 0.3 is 0 Å². The number of aryl methyl sites for hydroxylation is 1. The molecule has 1 aromatic carbocycles. The first-order chi connectivity index (χ1) is 15.7. The van der Waals surface area contributed by atoms with E-state index >= 15 is 0 Å². The Morgan fingerprint density at radius 3 is 2.67 bits per heavy atom. The molecule has 2 aromatic rings. The van der Waals surface area contributed by atoms with Gasteiger partial charge in [-0.3, -0.25) is 9.89 Å². The average molecular weight is 568 g/mol. The second-order valence-electron chi connectivity index (χ2n) is 9.04. The van der Waals surface area contributed by atoms with Crippen molar-refractivity contribution in [2.24, 2.45) is 10.9 Å². The zero-order valence-corrected chi connectivity index (χ0v) is 22.4. The maximum absolute atomic E-state index is 5.17. The number of ether oxygens (including phenoxy) is 1. The number of methoxy groups -OCH3 is 1. The number of hydrogen-bond donors (Lipinski definition) is 2. The Morgan fingerprint density at radius 2 is 1.97 bits per heavy atom. The number of aliphatic imine (C=N–C) groups is 1. The smallest absolute Gasteiger partial charge is 0.191 e. The number of likely N-dealkylation sites (tertiary alicyclic amines) is 1. The molecule has 1 saturated heterocycles. The number of nitrogens with one attached hydrogen (secondary N) is 2. The van der Waals surface area contributed by atoms with Gasteiger partial charge in [-0.2, -0.15) is 5.10 Å². The monoisotopic (exact) mass is 567 g/mol. The second-order valence-corrected chi connectivity index (χ2v) is 9.04. The quantitative estimate of drug-likeness (QED) is 0.305. The molecule has 1 fully saturated rings. The second kappa shape index (κ2) is 12.7. The number of piperidine rings is 1. The third kappa shape index (κ3) is 6.89. The van der Waals surface area contributed by atoms with Crippen molar-refractivity contribution in [3.8, 4) is 0 Å². The molecule has 0 aliphatic carbocycles. The van der Waals surface area contributed by atoms with Gasteiger partial charge in [-0.15, -0.1) is 24.0 Å². The van der Waals surface area contributed by atoms with Gasteiger partial charge in [0.1, 0.15) is 12.4 Å². The van der Waals surface area contributed by atoms with Crippen LogP contribution in [0.2, 0.25) is 0 Å². The highest BCUT2D eigenvalue weighted by Crippen LogP contribution is 2.26. The summed E-state index contributed by atoms with van der Waals surface area (Å²) in [6, 6.07) is 11.5. The molecule has 0 bridgehead atoms. The number of hydrogen-bond acceptors (Lipinski definition) is 5. The number of rotatable bonds is 7. The minimum Gasteiger partial charge on any atom is -0.377 e. The van der Waals surface area contributed by atoms with E-state index in [1.54, 1.807) is 7.11 Å². The molecule has 2 aliphatic rings. The molecule has 9 heteroatoms. The predicted octanol–water partition coefficient (Wildman–Crippen LogP) is 3.00. The standard InChI is InChI=1S/C24H37N7O.HI/c1-18-11-13-30(14-12-18)21(19-7-5-4-6-8-19)15-26-24(25-2)27-20-9-10-23-28-22(17-32-3)29-31(23)16-20;/h4-8,18,20-21H,9-17H2,1-3H3,(H2,25,26,27);1H. The van der Waals surface area contributed by atoms with Crippen LogP contribution < -0.4 is 10.6 Å². The van der Waals surface area contributed by atoms with Gasteiger partial charge in [0, 0.05) is 33.2 Å². The first-order valence-electron chi connectivity index (χ1n) is 11.8. The van der Waals surface area contributed by atoms with E-state index in [0.29, 0.717) is 12.6 Å². The molecule has 33 heavy (non-hydrogen) atoms. The normalized spacial score (nSPS) is 20.6. The number of fused-ring (bicyclic) bond motifs is 1. The summed E-state index contributed by atoms with van der Waals surface area (Å²) in [5, 5.41) is 11.8. The van der Waals surface area contributed by atoms with Gasteiger partial charge < -0.3 is 15.4 Å². The van der Waals surface area contributed by atoms with Gasteiger partial charge in [-0.05, 0) is 43.8 Å². The number of benzene rings is 1. The van der Waals surface area contributed by atoms with Gasteiger partial charge in [0.05, 0.1) is 12.6 Å². The summed E-state index contributed by atoms with van der Waals surface area (Å²) < 4.78 is 7.18. The molecule has 1 aromatic heterocycles. The van der Waals surface area contributed by atoms with Crippen LogP contribution in [0.3, 0.4) is 0 Å². The van der Waals surface area contributed by atoms with Gasteiger partial charge in [-0.25, -0.2) is 9.67 Å². The van der Waals surface area contributed by atoms with Crippen molar-refractivity contribution in [2.45, 2.75) is 57.8 Å². The predicted molar refractivity (Wildman–Crippen MR) is 142 cm³/mol. The van der Waals surface area contributed by atoms with Crippen molar-refractivity contribution in [1.82, 2.24) is 30.3 Å². The minimum atomic E-state index is 0. The molecule has 3 heterocycles. The highest BCUT2D eigenvalue weighted by molar-refractivity contribution is 14.0. The van der Waals surface area contributed by atoms with E-state index in [1.807, 2.05) is 11.7 Å². The van der Waals surface area contributed by atoms with Crippen molar-refractivity contribution in [1.29, 1.82) is 0 Å². The molecule has 2 N–H and O–H groups in total. The molecule has 8 nitrogen and oxygen atoms in total. The molecule has 0 saturated carbocycles. The molecule has 2 unspecified atom stereocenters. The fourth-order valence-corrected chi connectivity index (χ4v) is 4.72. The largest absolute Gasteiger partial charge is 0.377 e. The van der Waals surface area contributed by atoms with Crippen LogP contribution in [0.4, 0.5) is 0 Å². The molecule has 2 atom stereocenters. The van der Waals surface area contributed by atoms with E-state index < -0.39 is 0 Å². The van der Waals surface area contributed by atoms with Crippen LogP contribution in [0.15, 0.2) is 35.3 Å². The van der Waals surface area contributed by atoms with Gasteiger partial charge in [0.25, 0.3) is 0 Å². The lowest BCUT2D eigenvalue weighted by Gasteiger charge is -2.37. The van der Waals surface area contributed by atoms with Crippen LogP contribution in [-0.4, -0.2) is 65.5 Å². The van der Waals surface area contributed by atoms with Crippen molar-refractivity contribution in [3.63, 3.8) is 0 Å². The first kappa shape index (κ1) is 25.9. The Bertz CT molecular complexity index is 880. The SMILES string of the molecule is CN=C(NCC(c1ccccc1)N1CCC(C)CC1)NC1CCc2nc(COC)nn2C1.I. The summed E-state index contributed by atoms with van der Waals surface area (Å²) in [6.45, 7) is 6.74. The molecular weight excluding hydrogens is 529 g/mol. The van der Waals surface area contributed by atoms with Crippen molar-refractivity contribution in [3.05, 3.63) is 47.5 Å². The van der Waals surface area contributed by atoms with Crippen LogP contribution in [-0.2, 0) is 24.3 Å². The number of halogens is 1. The van der Waals surface area contributed by atoms with Crippen molar-refractivity contribution < 1.29 is 4.74 Å². The lowest BCUT2D eigenvalue weighted by molar-refractivity contribution is 0.138. The summed E-state index contributed by atoms with van der Waals surface area (Å²) in [4.78, 5) is 11.7. The third-order valence-corrected chi connectivity index (χ3v) is 6.65. The minimum absolute atomic E-state index is 0. The molecular formula is C24H38IN7O. The van der Waals surface area contributed by atoms with E-state index in [2.05, 4.69) is 67.9 Å². The lowest BCUT2D eigenvalue weighted by atomic mass is 9.95. The summed E-state index contributed by atoms with van der Waals surface area (Å²) in [6.07, 6.45) is 4.45. The third-order valence-electron chi connectivity index (χ3n) is 6.65. The number of guanidine groups is 1. The van der Waals surface area contributed by atoms with Crippen LogP contribution >= 0.6 is 24.0 Å². The topological polar surface area (TPSA) is 79.6 Å². The molecule has 2 aliphatic heterocycles. The first-order valence-corrected chi connectivity index (χ1v) is 11.8. The molecule has 182 valence electrons. The van der Waals surface area contributed by atoms with E-state index in [4.69, 9.17) is 4.74 Å². The lowest BCUT2D eigenvalue weighted by Crippen LogP contribution is -2.49. The highest BCUT2D eigenvalue weighted by atomic mass is 127. The summed E-state index contributed by atoms with van der Waals surface area (Å²) in [5.74, 6) is 3.47. The van der Waals surface area contributed by atoms with Crippen molar-refractivity contribution in [2.75, 3.05) is 33.8 Å². The average Bonchev–Trinajstić information content (AvgIpc) is 3.22. The van der Waals surface area contributed by atoms with Crippen LogP contribution in [0.25, 0.3) is 0 Å². The Labute approximate surface area is 214 Å². The Morgan fingerprint density at radius 1 is 1.21 bits per heavy atom. The summed E-state index contributed by atoms with van der Waals surface area (Å²) >= 11 is 0. The van der Waals surface area contributed by atoms with Crippen LogP contribution in [0, 0.1) is 5.92 Å². The Kier molecular flexibility index (Phi) is 9.94. The fourth-order valence-electron chi connectivity index (χ4n) is 4.72. The van der Waals surface area contributed by atoms with E-state index in [9.17, 15) is 0 Å². The van der Waals surface area contributed by atoms with Crippen LogP contribution in [0.1, 0.15) is 49.4 Å². The number of aromatic nitrogens is 3. The Balaban J connectivity index is 0.00000306. The van der Waals surface area contributed by atoms with E-state index in [0.717, 1.165) is 62.5 Å². The molecule has 0 radical (unpaired) electrons. The number of nitrogens with zero attached hydrogens (tertiary/aromatic N) is 5. The maximum atomic E-state index is 5.17. The maximum Gasteiger partial charge on any atom is 0.191 e. The van der Waals surface area contributed by atoms with E-state index in [1.165, 1.54) is 18.4 Å². The van der Waals surface area contributed by atoms with Crippen molar-refractivity contribution >= 4 is 29.9 Å². The zero-order valence-electron chi connectivity index (χ0n) is 20.0. The molecule has 4 rings (SSSR count). The van der Waals surface area contributed by atoms with Gasteiger partial charge in [0.15, 0.2) is 11.8 Å². The fraction of sp³-hybridized carbons (Fsp3) is 0.625.